The Morgan fingerprint density at radius 1 is 1.00 bits per heavy atom. The highest BCUT2D eigenvalue weighted by molar-refractivity contribution is 5.66. The van der Waals surface area contributed by atoms with Crippen LogP contribution in [0.25, 0.3) is 5.57 Å². The molecule has 1 atom stereocenters. The standard InChI is InChI=1S/C25H34/c1-20(19-24-10-4-3-5-11-24)18-21(2)25-16-14-23(15-17-25)13-12-22-8-6-7-9-22/h4,10,14-19,22,24H,3,5-9,11-13H2,1-2H3/b20-19-,21-18+. The molecule has 0 heteroatoms. The summed E-state index contributed by atoms with van der Waals surface area (Å²) in [6.07, 6.45) is 21.8. The number of rotatable bonds is 6. The lowest BCUT2D eigenvalue weighted by atomic mass is 9.93. The first kappa shape index (κ1) is 18.2. The van der Waals surface area contributed by atoms with Crippen LogP contribution in [0.3, 0.4) is 0 Å². The number of benzene rings is 1. The van der Waals surface area contributed by atoms with Crippen LogP contribution in [0.2, 0.25) is 0 Å². The molecular formula is C25H34. The summed E-state index contributed by atoms with van der Waals surface area (Å²) < 4.78 is 0. The van der Waals surface area contributed by atoms with E-state index in [-0.39, 0.29) is 0 Å². The fourth-order valence-electron chi connectivity index (χ4n) is 4.39. The van der Waals surface area contributed by atoms with Gasteiger partial charge in [-0.25, -0.2) is 0 Å². The second kappa shape index (κ2) is 9.22. The quantitative estimate of drug-likeness (QED) is 0.373. The summed E-state index contributed by atoms with van der Waals surface area (Å²) >= 11 is 0. The minimum atomic E-state index is 0.635. The minimum Gasteiger partial charge on any atom is -0.0879 e. The Morgan fingerprint density at radius 3 is 2.44 bits per heavy atom. The van der Waals surface area contributed by atoms with Gasteiger partial charge >= 0.3 is 0 Å². The summed E-state index contributed by atoms with van der Waals surface area (Å²) in [6, 6.07) is 9.29. The smallest absolute Gasteiger partial charge is 0.00477 e. The fraction of sp³-hybridized carbons (Fsp3) is 0.520. The van der Waals surface area contributed by atoms with Gasteiger partial charge in [-0.05, 0) is 74.5 Å². The van der Waals surface area contributed by atoms with Crippen LogP contribution in [-0.4, -0.2) is 0 Å². The van der Waals surface area contributed by atoms with Crippen LogP contribution in [0.4, 0.5) is 0 Å². The third kappa shape index (κ3) is 5.73. The molecule has 0 spiro atoms. The van der Waals surface area contributed by atoms with Crippen molar-refractivity contribution in [3.63, 3.8) is 0 Å². The molecule has 0 aromatic heterocycles. The molecule has 0 heterocycles. The molecule has 2 aliphatic carbocycles. The summed E-state index contributed by atoms with van der Waals surface area (Å²) in [5.74, 6) is 1.62. The van der Waals surface area contributed by atoms with Crippen molar-refractivity contribution in [1.29, 1.82) is 0 Å². The van der Waals surface area contributed by atoms with Crippen molar-refractivity contribution in [2.75, 3.05) is 0 Å². The van der Waals surface area contributed by atoms with Gasteiger partial charge in [0.05, 0.1) is 0 Å². The van der Waals surface area contributed by atoms with Gasteiger partial charge in [-0.15, -0.1) is 0 Å². The predicted molar refractivity (Wildman–Crippen MR) is 111 cm³/mol. The lowest BCUT2D eigenvalue weighted by Gasteiger charge is -2.13. The van der Waals surface area contributed by atoms with Gasteiger partial charge in [0.2, 0.25) is 0 Å². The van der Waals surface area contributed by atoms with Crippen LogP contribution in [0.1, 0.15) is 76.3 Å². The van der Waals surface area contributed by atoms with Crippen LogP contribution in [0.15, 0.2) is 54.1 Å². The maximum Gasteiger partial charge on any atom is -0.00477 e. The molecule has 2 aliphatic rings. The maximum atomic E-state index is 2.43. The van der Waals surface area contributed by atoms with Crippen molar-refractivity contribution in [2.24, 2.45) is 11.8 Å². The summed E-state index contributed by atoms with van der Waals surface area (Å²) in [5, 5.41) is 0. The van der Waals surface area contributed by atoms with Crippen molar-refractivity contribution in [3.05, 3.63) is 65.3 Å². The Balaban J connectivity index is 1.57. The highest BCUT2D eigenvalue weighted by atomic mass is 14.2. The van der Waals surface area contributed by atoms with Crippen LogP contribution >= 0.6 is 0 Å². The van der Waals surface area contributed by atoms with Crippen molar-refractivity contribution in [1.82, 2.24) is 0 Å². The zero-order chi connectivity index (χ0) is 17.5. The average Bonchev–Trinajstić information content (AvgIpc) is 3.14. The maximum absolute atomic E-state index is 2.43. The van der Waals surface area contributed by atoms with E-state index in [9.17, 15) is 0 Å². The molecule has 3 rings (SSSR count). The molecule has 0 aliphatic heterocycles. The average molecular weight is 335 g/mol. The molecule has 0 bridgehead atoms. The largest absolute Gasteiger partial charge is 0.0879 e. The molecule has 0 nitrogen and oxygen atoms in total. The molecule has 25 heavy (non-hydrogen) atoms. The first-order valence-electron chi connectivity index (χ1n) is 10.3. The van der Waals surface area contributed by atoms with Crippen molar-refractivity contribution in [2.45, 2.75) is 71.6 Å². The van der Waals surface area contributed by atoms with E-state index in [1.165, 1.54) is 80.1 Å². The van der Waals surface area contributed by atoms with E-state index < -0.39 is 0 Å². The lowest BCUT2D eigenvalue weighted by molar-refractivity contribution is 0.504. The lowest BCUT2D eigenvalue weighted by Crippen LogP contribution is -1.97. The second-order valence-electron chi connectivity index (χ2n) is 8.15. The van der Waals surface area contributed by atoms with Gasteiger partial charge in [0.25, 0.3) is 0 Å². The van der Waals surface area contributed by atoms with E-state index in [2.05, 4.69) is 62.4 Å². The van der Waals surface area contributed by atoms with Crippen LogP contribution < -0.4 is 0 Å². The number of hydrogen-bond acceptors (Lipinski definition) is 0. The van der Waals surface area contributed by atoms with Gasteiger partial charge in [-0.1, -0.05) is 79.8 Å². The molecule has 1 aromatic carbocycles. The van der Waals surface area contributed by atoms with Crippen LogP contribution in [0, 0.1) is 11.8 Å². The summed E-state index contributed by atoms with van der Waals surface area (Å²) in [5.41, 5.74) is 5.62. The third-order valence-corrected chi connectivity index (χ3v) is 5.94. The Hall–Kier alpha value is -1.56. The Labute approximate surface area is 154 Å². The topological polar surface area (TPSA) is 0 Å². The van der Waals surface area contributed by atoms with Crippen LogP contribution in [-0.2, 0) is 6.42 Å². The highest BCUT2D eigenvalue weighted by Crippen LogP contribution is 2.29. The van der Waals surface area contributed by atoms with Gasteiger partial charge in [0.15, 0.2) is 0 Å². The zero-order valence-corrected chi connectivity index (χ0v) is 16.1. The molecule has 0 amide bonds. The van der Waals surface area contributed by atoms with Crippen molar-refractivity contribution >= 4 is 5.57 Å². The van der Waals surface area contributed by atoms with E-state index in [1.807, 2.05) is 0 Å². The van der Waals surface area contributed by atoms with Crippen LogP contribution in [0.5, 0.6) is 0 Å². The Bertz CT molecular complexity index is 621. The van der Waals surface area contributed by atoms with Gasteiger partial charge in [-0.3, -0.25) is 0 Å². The van der Waals surface area contributed by atoms with Gasteiger partial charge < -0.3 is 0 Å². The number of allylic oxidation sites excluding steroid dienone is 6. The third-order valence-electron chi connectivity index (χ3n) is 5.94. The Morgan fingerprint density at radius 2 is 1.76 bits per heavy atom. The first-order chi connectivity index (χ1) is 12.2. The predicted octanol–water partition coefficient (Wildman–Crippen LogP) is 7.52. The minimum absolute atomic E-state index is 0.635. The Kier molecular flexibility index (Phi) is 6.73. The highest BCUT2D eigenvalue weighted by Gasteiger charge is 2.14. The first-order valence-corrected chi connectivity index (χ1v) is 10.3. The normalized spacial score (nSPS) is 22.6. The summed E-state index contributed by atoms with van der Waals surface area (Å²) in [4.78, 5) is 0. The van der Waals surface area contributed by atoms with E-state index >= 15 is 0 Å². The van der Waals surface area contributed by atoms with Crippen molar-refractivity contribution in [3.8, 4) is 0 Å². The van der Waals surface area contributed by atoms with E-state index in [1.54, 1.807) is 0 Å². The molecule has 1 fully saturated rings. The fourth-order valence-corrected chi connectivity index (χ4v) is 4.39. The second-order valence-corrected chi connectivity index (χ2v) is 8.15. The zero-order valence-electron chi connectivity index (χ0n) is 16.1. The van der Waals surface area contributed by atoms with Crippen molar-refractivity contribution < 1.29 is 0 Å². The molecule has 1 unspecified atom stereocenters. The molecule has 0 radical (unpaired) electrons. The molecule has 1 aromatic rings. The van der Waals surface area contributed by atoms with Gasteiger partial charge in [0.1, 0.15) is 0 Å². The van der Waals surface area contributed by atoms with E-state index in [0.717, 1.165) is 5.92 Å². The van der Waals surface area contributed by atoms with E-state index in [4.69, 9.17) is 0 Å². The summed E-state index contributed by atoms with van der Waals surface area (Å²) in [7, 11) is 0. The molecule has 1 saturated carbocycles. The molecular weight excluding hydrogens is 300 g/mol. The molecule has 0 saturated heterocycles. The number of aryl methyl sites for hydroxylation is 1. The molecule has 134 valence electrons. The van der Waals surface area contributed by atoms with Gasteiger partial charge in [0, 0.05) is 0 Å². The molecule has 0 N–H and O–H groups in total. The van der Waals surface area contributed by atoms with Gasteiger partial charge in [-0.2, -0.15) is 0 Å². The SMILES string of the molecule is CC(=C/C1C=CCCC1)/C=C(\C)c1ccc(CCC2CCCC2)cc1. The summed E-state index contributed by atoms with van der Waals surface area (Å²) in [6.45, 7) is 4.48. The van der Waals surface area contributed by atoms with E-state index in [0.29, 0.717) is 5.92 Å². The number of hydrogen-bond donors (Lipinski definition) is 0. The monoisotopic (exact) mass is 334 g/mol.